The number of hydrogen-bond donors (Lipinski definition) is 1. The van der Waals surface area contributed by atoms with Gasteiger partial charge in [0.05, 0.1) is 47.9 Å². The van der Waals surface area contributed by atoms with Crippen LogP contribution in [0, 0.1) is 5.82 Å². The number of dihydropyridines is 1. The van der Waals surface area contributed by atoms with Crippen LogP contribution in [0.2, 0.25) is 0 Å². The van der Waals surface area contributed by atoms with E-state index >= 15 is 0 Å². The summed E-state index contributed by atoms with van der Waals surface area (Å²) in [5, 5.41) is 11.3. The van der Waals surface area contributed by atoms with Crippen molar-refractivity contribution in [2.75, 3.05) is 13.2 Å². The minimum Gasteiger partial charge on any atom is -0.463 e. The molecule has 1 aromatic carbocycles. The standard InChI is InChI=1S/C21H23FN4O4/c1-5-29-20(27)17-12(3)23-13(4)18(21(28)30-6-2)19(17)16-11-26(25-24-16)15-9-7-8-14(22)10-15/h7-11,19,23H,5-6H2,1-4H3. The lowest BCUT2D eigenvalue weighted by atomic mass is 9.83. The second kappa shape index (κ2) is 8.89. The zero-order valence-corrected chi connectivity index (χ0v) is 17.2. The number of carbonyl (C=O) groups excluding carboxylic acids is 2. The van der Waals surface area contributed by atoms with E-state index in [1.54, 1.807) is 46.0 Å². The van der Waals surface area contributed by atoms with E-state index in [0.717, 1.165) is 0 Å². The van der Waals surface area contributed by atoms with Crippen molar-refractivity contribution in [3.05, 3.63) is 64.5 Å². The molecule has 2 aromatic rings. The minimum atomic E-state index is -0.841. The van der Waals surface area contributed by atoms with E-state index in [1.807, 2.05) is 0 Å². The second-order valence-corrected chi connectivity index (χ2v) is 6.64. The molecular weight excluding hydrogens is 391 g/mol. The maximum absolute atomic E-state index is 13.6. The number of esters is 2. The molecule has 3 rings (SSSR count). The first-order chi connectivity index (χ1) is 14.4. The first-order valence-corrected chi connectivity index (χ1v) is 9.58. The summed E-state index contributed by atoms with van der Waals surface area (Å²) < 4.78 is 25.4. The van der Waals surface area contributed by atoms with Gasteiger partial charge in [0.15, 0.2) is 0 Å². The molecule has 0 saturated carbocycles. The van der Waals surface area contributed by atoms with Gasteiger partial charge in [-0.1, -0.05) is 11.3 Å². The predicted octanol–water partition coefficient (Wildman–Crippen LogP) is 2.77. The normalized spacial score (nSPS) is 14.6. The molecule has 1 aliphatic rings. The lowest BCUT2D eigenvalue weighted by Crippen LogP contribution is -2.32. The molecule has 0 saturated heterocycles. The average Bonchev–Trinajstić information content (AvgIpc) is 3.17. The number of ether oxygens (including phenoxy) is 2. The van der Waals surface area contributed by atoms with Crippen LogP contribution in [0.5, 0.6) is 0 Å². The molecule has 1 aromatic heterocycles. The Kier molecular flexibility index (Phi) is 6.29. The van der Waals surface area contributed by atoms with Crippen molar-refractivity contribution in [2.45, 2.75) is 33.6 Å². The van der Waals surface area contributed by atoms with E-state index in [4.69, 9.17) is 9.47 Å². The smallest absolute Gasteiger partial charge is 0.336 e. The highest BCUT2D eigenvalue weighted by Crippen LogP contribution is 2.38. The Bertz CT molecular complexity index is 1000. The Morgan fingerprint density at radius 3 is 2.23 bits per heavy atom. The van der Waals surface area contributed by atoms with Gasteiger partial charge in [-0.3, -0.25) is 0 Å². The number of aromatic nitrogens is 3. The highest BCUT2D eigenvalue weighted by atomic mass is 19.1. The lowest BCUT2D eigenvalue weighted by Gasteiger charge is -2.28. The van der Waals surface area contributed by atoms with Crippen molar-refractivity contribution >= 4 is 11.9 Å². The van der Waals surface area contributed by atoms with Crippen LogP contribution in [0.25, 0.3) is 5.69 Å². The fourth-order valence-electron chi connectivity index (χ4n) is 3.40. The number of rotatable bonds is 6. The molecule has 1 aliphatic heterocycles. The number of allylic oxidation sites excluding steroid dienone is 2. The van der Waals surface area contributed by atoms with Crippen LogP contribution in [0.3, 0.4) is 0 Å². The maximum atomic E-state index is 13.6. The van der Waals surface area contributed by atoms with Gasteiger partial charge >= 0.3 is 11.9 Å². The van der Waals surface area contributed by atoms with E-state index in [2.05, 4.69) is 15.6 Å². The summed E-state index contributed by atoms with van der Waals surface area (Å²) in [5.41, 5.74) is 2.38. The van der Waals surface area contributed by atoms with Crippen molar-refractivity contribution in [2.24, 2.45) is 0 Å². The molecule has 0 aliphatic carbocycles. The first kappa shape index (κ1) is 21.2. The van der Waals surface area contributed by atoms with Crippen molar-refractivity contribution < 1.29 is 23.5 Å². The van der Waals surface area contributed by atoms with Gasteiger partial charge in [-0.25, -0.2) is 18.7 Å². The highest BCUT2D eigenvalue weighted by Gasteiger charge is 2.39. The topological polar surface area (TPSA) is 95.3 Å². The van der Waals surface area contributed by atoms with Gasteiger partial charge in [0.2, 0.25) is 0 Å². The molecule has 1 N–H and O–H groups in total. The van der Waals surface area contributed by atoms with Gasteiger partial charge in [0.1, 0.15) is 5.82 Å². The van der Waals surface area contributed by atoms with E-state index in [9.17, 15) is 14.0 Å². The van der Waals surface area contributed by atoms with Crippen molar-refractivity contribution in [3.8, 4) is 5.69 Å². The van der Waals surface area contributed by atoms with Crippen molar-refractivity contribution in [3.63, 3.8) is 0 Å². The number of nitrogens with zero attached hydrogens (tertiary/aromatic N) is 3. The van der Waals surface area contributed by atoms with Gasteiger partial charge < -0.3 is 14.8 Å². The third-order valence-corrected chi connectivity index (χ3v) is 4.63. The predicted molar refractivity (Wildman–Crippen MR) is 106 cm³/mol. The highest BCUT2D eigenvalue weighted by molar-refractivity contribution is 5.99. The summed E-state index contributed by atoms with van der Waals surface area (Å²) in [6, 6.07) is 5.86. The summed E-state index contributed by atoms with van der Waals surface area (Å²) in [4.78, 5) is 25.5. The molecule has 158 valence electrons. The molecule has 0 fully saturated rings. The van der Waals surface area contributed by atoms with Gasteiger partial charge in [0.25, 0.3) is 0 Å². The summed E-state index contributed by atoms with van der Waals surface area (Å²) in [6.07, 6.45) is 1.56. The van der Waals surface area contributed by atoms with E-state index in [-0.39, 0.29) is 24.4 Å². The quantitative estimate of drug-likeness (QED) is 0.726. The first-order valence-electron chi connectivity index (χ1n) is 9.58. The van der Waals surface area contributed by atoms with Crippen LogP contribution in [0.4, 0.5) is 4.39 Å². The summed E-state index contributed by atoms with van der Waals surface area (Å²) >= 11 is 0. The third-order valence-electron chi connectivity index (χ3n) is 4.63. The van der Waals surface area contributed by atoms with Gasteiger partial charge in [-0.2, -0.15) is 0 Å². The molecule has 0 spiro atoms. The molecule has 0 radical (unpaired) electrons. The number of nitrogens with one attached hydrogen (secondary N) is 1. The monoisotopic (exact) mass is 414 g/mol. The Morgan fingerprint density at radius 1 is 1.10 bits per heavy atom. The van der Waals surface area contributed by atoms with Crippen LogP contribution >= 0.6 is 0 Å². The van der Waals surface area contributed by atoms with Crippen LogP contribution < -0.4 is 5.32 Å². The second-order valence-electron chi connectivity index (χ2n) is 6.64. The summed E-state index contributed by atoms with van der Waals surface area (Å²) in [6.45, 7) is 7.20. The van der Waals surface area contributed by atoms with E-state index < -0.39 is 23.7 Å². The number of benzene rings is 1. The van der Waals surface area contributed by atoms with Crippen LogP contribution in [0.1, 0.15) is 39.3 Å². The Morgan fingerprint density at radius 2 is 1.70 bits per heavy atom. The number of hydrogen-bond acceptors (Lipinski definition) is 7. The Hall–Kier alpha value is -3.49. The van der Waals surface area contributed by atoms with E-state index in [1.165, 1.54) is 16.8 Å². The fraction of sp³-hybridized carbons (Fsp3) is 0.333. The van der Waals surface area contributed by atoms with Gasteiger partial charge in [-0.15, -0.1) is 5.10 Å². The molecule has 8 nitrogen and oxygen atoms in total. The van der Waals surface area contributed by atoms with Crippen LogP contribution in [0.15, 0.2) is 53.0 Å². The third kappa shape index (κ3) is 4.10. The fourth-order valence-corrected chi connectivity index (χ4v) is 3.40. The Balaban J connectivity index is 2.12. The SMILES string of the molecule is CCOC(=O)C1=C(C)NC(C)=C(C(=O)OCC)C1c1cn(-c2cccc(F)c2)nn1. The average molecular weight is 414 g/mol. The number of carbonyl (C=O) groups is 2. The molecule has 0 amide bonds. The molecular formula is C21H23FN4O4. The van der Waals surface area contributed by atoms with Crippen molar-refractivity contribution in [1.82, 2.24) is 20.3 Å². The molecule has 0 atom stereocenters. The molecule has 2 heterocycles. The van der Waals surface area contributed by atoms with Crippen LogP contribution in [-0.4, -0.2) is 40.1 Å². The summed E-state index contributed by atoms with van der Waals surface area (Å²) in [5.74, 6) is -2.40. The van der Waals surface area contributed by atoms with E-state index in [0.29, 0.717) is 22.8 Å². The van der Waals surface area contributed by atoms with Crippen molar-refractivity contribution in [1.29, 1.82) is 0 Å². The van der Waals surface area contributed by atoms with Gasteiger partial charge in [0, 0.05) is 11.4 Å². The van der Waals surface area contributed by atoms with Gasteiger partial charge in [-0.05, 0) is 45.9 Å². The zero-order valence-electron chi connectivity index (χ0n) is 17.2. The summed E-state index contributed by atoms with van der Waals surface area (Å²) in [7, 11) is 0. The zero-order chi connectivity index (χ0) is 21.8. The van der Waals surface area contributed by atoms with Crippen LogP contribution in [-0.2, 0) is 19.1 Å². The molecule has 30 heavy (non-hydrogen) atoms. The number of halogens is 1. The molecule has 0 unspecified atom stereocenters. The largest absolute Gasteiger partial charge is 0.463 e. The molecule has 0 bridgehead atoms. The molecule has 9 heteroatoms. The Labute approximate surface area is 173 Å². The maximum Gasteiger partial charge on any atom is 0.336 e. The minimum absolute atomic E-state index is 0.176. The lowest BCUT2D eigenvalue weighted by molar-refractivity contribution is -0.139.